The van der Waals surface area contributed by atoms with Gasteiger partial charge in [-0.25, -0.2) is 9.59 Å². The summed E-state index contributed by atoms with van der Waals surface area (Å²) in [6.07, 6.45) is 0. The van der Waals surface area contributed by atoms with Gasteiger partial charge in [0.25, 0.3) is 5.60 Å². The molecule has 0 saturated carbocycles. The van der Waals surface area contributed by atoms with E-state index in [4.69, 9.17) is 14.9 Å². The molecule has 0 unspecified atom stereocenters. The fourth-order valence-corrected chi connectivity index (χ4v) is 1.65. The third kappa shape index (κ3) is 2.68. The number of benzene rings is 1. The quantitative estimate of drug-likeness (QED) is 0.754. The zero-order valence-corrected chi connectivity index (χ0v) is 10.3. The van der Waals surface area contributed by atoms with Gasteiger partial charge in [0.15, 0.2) is 0 Å². The van der Waals surface area contributed by atoms with Crippen LogP contribution in [0.2, 0.25) is 0 Å². The lowest BCUT2D eigenvalue weighted by Crippen LogP contribution is -2.53. The van der Waals surface area contributed by atoms with E-state index in [0.29, 0.717) is 0 Å². The Kier molecular flexibility index (Phi) is 4.44. The standard InChI is InChI=1S/C13H16O5/c1-9(2)13(11(14)15,12(16)17)18-8-10-6-4-3-5-7-10/h3-7,9H,8H2,1-2H3,(H,14,15)(H,16,17). The highest BCUT2D eigenvalue weighted by molar-refractivity contribution is 6.02. The molecule has 0 aliphatic rings. The van der Waals surface area contributed by atoms with Gasteiger partial charge in [-0.15, -0.1) is 0 Å². The fourth-order valence-electron chi connectivity index (χ4n) is 1.65. The summed E-state index contributed by atoms with van der Waals surface area (Å²) in [5, 5.41) is 18.3. The minimum atomic E-state index is -2.21. The van der Waals surface area contributed by atoms with Crippen molar-refractivity contribution in [3.63, 3.8) is 0 Å². The van der Waals surface area contributed by atoms with Crippen LogP contribution in [0.25, 0.3) is 0 Å². The maximum atomic E-state index is 11.2. The summed E-state index contributed by atoms with van der Waals surface area (Å²) in [4.78, 5) is 22.4. The highest BCUT2D eigenvalue weighted by Gasteiger charge is 2.51. The Morgan fingerprint density at radius 1 is 1.17 bits per heavy atom. The van der Waals surface area contributed by atoms with Crippen LogP contribution in [0.3, 0.4) is 0 Å². The summed E-state index contributed by atoms with van der Waals surface area (Å²) in [6, 6.07) is 8.85. The second-order valence-corrected chi connectivity index (χ2v) is 4.27. The molecular weight excluding hydrogens is 236 g/mol. The monoisotopic (exact) mass is 252 g/mol. The summed E-state index contributed by atoms with van der Waals surface area (Å²) in [5.74, 6) is -3.65. The first-order valence-electron chi connectivity index (χ1n) is 5.56. The van der Waals surface area contributed by atoms with Crippen LogP contribution >= 0.6 is 0 Å². The molecule has 98 valence electrons. The first-order chi connectivity index (χ1) is 8.41. The molecule has 18 heavy (non-hydrogen) atoms. The van der Waals surface area contributed by atoms with E-state index in [0.717, 1.165) is 5.56 Å². The van der Waals surface area contributed by atoms with Gasteiger partial charge in [0.1, 0.15) is 0 Å². The zero-order valence-electron chi connectivity index (χ0n) is 10.3. The Labute approximate surface area is 105 Å². The average Bonchev–Trinajstić information content (AvgIpc) is 2.29. The van der Waals surface area contributed by atoms with Gasteiger partial charge >= 0.3 is 11.9 Å². The van der Waals surface area contributed by atoms with E-state index in [1.165, 1.54) is 13.8 Å². The van der Waals surface area contributed by atoms with Gasteiger partial charge in [0.05, 0.1) is 6.61 Å². The molecule has 2 N–H and O–H groups in total. The maximum absolute atomic E-state index is 11.2. The molecule has 0 bridgehead atoms. The zero-order chi connectivity index (χ0) is 13.8. The molecule has 0 aromatic heterocycles. The molecule has 0 aliphatic carbocycles. The highest BCUT2D eigenvalue weighted by Crippen LogP contribution is 2.24. The van der Waals surface area contributed by atoms with Crippen molar-refractivity contribution >= 4 is 11.9 Å². The van der Waals surface area contributed by atoms with Gasteiger partial charge in [-0.05, 0) is 5.56 Å². The molecule has 5 heteroatoms. The van der Waals surface area contributed by atoms with Gasteiger partial charge in [-0.3, -0.25) is 0 Å². The van der Waals surface area contributed by atoms with E-state index in [-0.39, 0.29) is 6.61 Å². The van der Waals surface area contributed by atoms with Crippen molar-refractivity contribution in [2.24, 2.45) is 5.92 Å². The number of hydrogen-bond donors (Lipinski definition) is 2. The normalized spacial score (nSPS) is 11.5. The first kappa shape index (κ1) is 14.2. The number of carbonyl (C=O) groups is 2. The second kappa shape index (κ2) is 5.64. The Morgan fingerprint density at radius 3 is 2.06 bits per heavy atom. The SMILES string of the molecule is CC(C)C(OCc1ccccc1)(C(=O)O)C(=O)O. The predicted molar refractivity (Wildman–Crippen MR) is 64.1 cm³/mol. The third-order valence-corrected chi connectivity index (χ3v) is 2.76. The van der Waals surface area contributed by atoms with Gasteiger partial charge in [0, 0.05) is 5.92 Å². The maximum Gasteiger partial charge on any atom is 0.348 e. The number of carboxylic acids is 2. The Hall–Kier alpha value is -1.88. The molecule has 0 amide bonds. The molecule has 0 fully saturated rings. The van der Waals surface area contributed by atoms with Gasteiger partial charge in [-0.1, -0.05) is 44.2 Å². The lowest BCUT2D eigenvalue weighted by Gasteiger charge is -2.28. The van der Waals surface area contributed by atoms with E-state index in [1.54, 1.807) is 24.3 Å². The van der Waals surface area contributed by atoms with Crippen molar-refractivity contribution in [2.45, 2.75) is 26.1 Å². The van der Waals surface area contributed by atoms with Crippen molar-refractivity contribution in [2.75, 3.05) is 0 Å². The lowest BCUT2D eigenvalue weighted by atomic mass is 9.90. The fraction of sp³-hybridized carbons (Fsp3) is 0.385. The van der Waals surface area contributed by atoms with Crippen LogP contribution in [0.5, 0.6) is 0 Å². The third-order valence-electron chi connectivity index (χ3n) is 2.76. The molecule has 0 aliphatic heterocycles. The molecule has 5 nitrogen and oxygen atoms in total. The molecular formula is C13H16O5. The summed E-state index contributed by atoms with van der Waals surface area (Å²) < 4.78 is 5.20. The summed E-state index contributed by atoms with van der Waals surface area (Å²) in [6.45, 7) is 2.96. The molecule has 1 aromatic carbocycles. The Bertz CT molecular complexity index is 410. The molecule has 0 radical (unpaired) electrons. The van der Waals surface area contributed by atoms with Crippen LogP contribution in [0.1, 0.15) is 19.4 Å². The topological polar surface area (TPSA) is 83.8 Å². The van der Waals surface area contributed by atoms with Gasteiger partial charge < -0.3 is 14.9 Å². The molecule has 0 saturated heterocycles. The number of ether oxygens (including phenoxy) is 1. The van der Waals surface area contributed by atoms with E-state index in [2.05, 4.69) is 0 Å². The highest BCUT2D eigenvalue weighted by atomic mass is 16.6. The largest absolute Gasteiger partial charge is 0.479 e. The van der Waals surface area contributed by atoms with Gasteiger partial charge in [0.2, 0.25) is 0 Å². The van der Waals surface area contributed by atoms with Crippen molar-refractivity contribution in [3.05, 3.63) is 35.9 Å². The summed E-state index contributed by atoms with van der Waals surface area (Å²) >= 11 is 0. The van der Waals surface area contributed by atoms with Crippen LogP contribution in [0, 0.1) is 5.92 Å². The number of rotatable bonds is 6. The first-order valence-corrected chi connectivity index (χ1v) is 5.56. The number of aliphatic carboxylic acids is 2. The molecule has 1 aromatic rings. The Morgan fingerprint density at radius 2 is 1.67 bits per heavy atom. The Balaban J connectivity index is 2.93. The number of carboxylic acid groups (broad SMARTS) is 2. The van der Waals surface area contributed by atoms with Gasteiger partial charge in [-0.2, -0.15) is 0 Å². The summed E-state index contributed by atoms with van der Waals surface area (Å²) in [5.41, 5.74) is -1.49. The van der Waals surface area contributed by atoms with E-state index < -0.39 is 23.5 Å². The van der Waals surface area contributed by atoms with Crippen LogP contribution in [0.15, 0.2) is 30.3 Å². The van der Waals surface area contributed by atoms with Crippen molar-refractivity contribution in [1.82, 2.24) is 0 Å². The molecule has 0 heterocycles. The van der Waals surface area contributed by atoms with Crippen LogP contribution < -0.4 is 0 Å². The van der Waals surface area contributed by atoms with Crippen molar-refractivity contribution in [1.29, 1.82) is 0 Å². The predicted octanol–water partition coefficient (Wildman–Crippen LogP) is 1.77. The minimum absolute atomic E-state index is 0.0579. The van der Waals surface area contributed by atoms with Crippen molar-refractivity contribution in [3.8, 4) is 0 Å². The van der Waals surface area contributed by atoms with Crippen LogP contribution in [0.4, 0.5) is 0 Å². The van der Waals surface area contributed by atoms with Crippen LogP contribution in [-0.4, -0.2) is 27.8 Å². The van der Waals surface area contributed by atoms with E-state index >= 15 is 0 Å². The molecule has 0 atom stereocenters. The van der Waals surface area contributed by atoms with E-state index in [9.17, 15) is 9.59 Å². The smallest absolute Gasteiger partial charge is 0.348 e. The van der Waals surface area contributed by atoms with Crippen molar-refractivity contribution < 1.29 is 24.5 Å². The molecule has 0 spiro atoms. The van der Waals surface area contributed by atoms with E-state index in [1.807, 2.05) is 6.07 Å². The second-order valence-electron chi connectivity index (χ2n) is 4.27. The minimum Gasteiger partial charge on any atom is -0.479 e. The summed E-state index contributed by atoms with van der Waals surface area (Å²) in [7, 11) is 0. The van der Waals surface area contributed by atoms with Crippen LogP contribution in [-0.2, 0) is 20.9 Å². The lowest BCUT2D eigenvalue weighted by molar-refractivity contribution is -0.192. The molecule has 1 rings (SSSR count). The average molecular weight is 252 g/mol. The number of hydrogen-bond acceptors (Lipinski definition) is 3.